The second kappa shape index (κ2) is 15.2. The van der Waals surface area contributed by atoms with Crippen molar-refractivity contribution in [3.05, 3.63) is 12.2 Å². The first-order valence-electron chi connectivity index (χ1n) is 6.33. The van der Waals surface area contributed by atoms with Crippen LogP contribution in [0.5, 0.6) is 0 Å². The lowest BCUT2D eigenvalue weighted by atomic mass is 10.1. The normalized spacial score (nSPS) is 10.4. The van der Waals surface area contributed by atoms with Crippen LogP contribution in [0.2, 0.25) is 0 Å². The maximum Gasteiger partial charge on any atom is -0.0351 e. The van der Waals surface area contributed by atoms with Crippen LogP contribution in [0.4, 0.5) is 0 Å². The molecule has 0 saturated carbocycles. The lowest BCUT2D eigenvalue weighted by Gasteiger charge is -1.95. The summed E-state index contributed by atoms with van der Waals surface area (Å²) >= 11 is 0. The smallest absolute Gasteiger partial charge is 0.0351 e. The van der Waals surface area contributed by atoms with Gasteiger partial charge in [0, 0.05) is 0 Å². The molecule has 0 radical (unpaired) electrons. The Morgan fingerprint density at radius 3 is 1.86 bits per heavy atom. The summed E-state index contributed by atoms with van der Waals surface area (Å²) < 4.78 is 0. The quantitative estimate of drug-likeness (QED) is 0.386. The molecule has 0 aromatic carbocycles. The molecule has 0 aromatic heterocycles. The van der Waals surface area contributed by atoms with Crippen molar-refractivity contribution < 1.29 is 0 Å². The average Bonchev–Trinajstić information content (AvgIpc) is 2.13. The van der Waals surface area contributed by atoms with Gasteiger partial charge < -0.3 is 0 Å². The van der Waals surface area contributed by atoms with Crippen molar-refractivity contribution in [1.82, 2.24) is 0 Å². The molecule has 0 atom stereocenters. The highest BCUT2D eigenvalue weighted by Gasteiger charge is 1.85. The highest BCUT2D eigenvalue weighted by molar-refractivity contribution is 4.79. The van der Waals surface area contributed by atoms with Crippen molar-refractivity contribution in [2.24, 2.45) is 5.92 Å². The van der Waals surface area contributed by atoms with Gasteiger partial charge in [0.05, 0.1) is 0 Å². The molecule has 0 fully saturated rings. The summed E-state index contributed by atoms with van der Waals surface area (Å²) in [4.78, 5) is 0. The molecule has 0 amide bonds. The lowest BCUT2D eigenvalue weighted by molar-refractivity contribution is 0.576. The molecule has 14 heavy (non-hydrogen) atoms. The molecule has 0 aliphatic carbocycles. The summed E-state index contributed by atoms with van der Waals surface area (Å²) in [6.45, 7) is 11.1. The van der Waals surface area contributed by atoms with Crippen LogP contribution < -0.4 is 0 Å². The Hall–Kier alpha value is -0.260. The third-order valence-electron chi connectivity index (χ3n) is 1.99. The summed E-state index contributed by atoms with van der Waals surface area (Å²) in [5, 5.41) is 0. The van der Waals surface area contributed by atoms with Crippen LogP contribution in [0, 0.1) is 5.92 Å². The van der Waals surface area contributed by atoms with Crippen LogP contribution in [0.25, 0.3) is 0 Å². The molecule has 0 heteroatoms. The first kappa shape index (κ1) is 16.2. The van der Waals surface area contributed by atoms with Crippen molar-refractivity contribution in [3.8, 4) is 0 Å². The number of hydrogen-bond acceptors (Lipinski definition) is 0. The van der Waals surface area contributed by atoms with Gasteiger partial charge in [-0.15, -0.1) is 0 Å². The molecule has 0 rings (SSSR count). The molecule has 0 bridgehead atoms. The third-order valence-corrected chi connectivity index (χ3v) is 1.99. The van der Waals surface area contributed by atoms with E-state index >= 15 is 0 Å². The maximum atomic E-state index is 2.27. The minimum atomic E-state index is 0.898. The molecule has 0 aliphatic heterocycles. The fourth-order valence-electron chi connectivity index (χ4n) is 1.18. The van der Waals surface area contributed by atoms with E-state index in [9.17, 15) is 0 Å². The first-order chi connectivity index (χ1) is 6.68. The van der Waals surface area contributed by atoms with Crippen molar-refractivity contribution >= 4 is 0 Å². The summed E-state index contributed by atoms with van der Waals surface area (Å²) in [6, 6.07) is 0. The summed E-state index contributed by atoms with van der Waals surface area (Å²) in [7, 11) is 0. The summed E-state index contributed by atoms with van der Waals surface area (Å²) in [5.74, 6) is 0.898. The van der Waals surface area contributed by atoms with Gasteiger partial charge in [0.15, 0.2) is 0 Å². The average molecular weight is 198 g/mol. The summed E-state index contributed by atoms with van der Waals surface area (Å²) in [6.07, 6.45) is 12.3. The van der Waals surface area contributed by atoms with E-state index in [1.54, 1.807) is 0 Å². The van der Waals surface area contributed by atoms with Crippen molar-refractivity contribution in [2.75, 3.05) is 0 Å². The minimum absolute atomic E-state index is 0.898. The highest BCUT2D eigenvalue weighted by atomic mass is 13.9. The lowest BCUT2D eigenvalue weighted by Crippen LogP contribution is -1.81. The van der Waals surface area contributed by atoms with Crippen LogP contribution in [0.15, 0.2) is 12.2 Å². The van der Waals surface area contributed by atoms with Gasteiger partial charge in [0.25, 0.3) is 0 Å². The number of hydrogen-bond donors (Lipinski definition) is 0. The van der Waals surface area contributed by atoms with Gasteiger partial charge >= 0.3 is 0 Å². The van der Waals surface area contributed by atoms with E-state index in [1.165, 1.54) is 38.5 Å². The van der Waals surface area contributed by atoms with Crippen LogP contribution in [-0.2, 0) is 0 Å². The molecule has 0 spiro atoms. The second-order valence-electron chi connectivity index (χ2n) is 4.20. The van der Waals surface area contributed by atoms with Crippen LogP contribution in [-0.4, -0.2) is 0 Å². The molecule has 0 aliphatic rings. The van der Waals surface area contributed by atoms with Gasteiger partial charge in [-0.25, -0.2) is 0 Å². The Morgan fingerprint density at radius 1 is 0.929 bits per heavy atom. The highest BCUT2D eigenvalue weighted by Crippen LogP contribution is 2.00. The molecule has 0 unspecified atom stereocenters. The number of unbranched alkanes of at least 4 members (excludes halogenated alkanes) is 2. The Kier molecular flexibility index (Phi) is 17.6. The predicted molar refractivity (Wildman–Crippen MR) is 68.7 cm³/mol. The van der Waals surface area contributed by atoms with Crippen LogP contribution >= 0.6 is 0 Å². The molecule has 0 heterocycles. The molecular formula is C14H30. The van der Waals surface area contributed by atoms with Gasteiger partial charge in [0.1, 0.15) is 0 Å². The predicted octanol–water partition coefficient (Wildman–Crippen LogP) is 5.59. The van der Waals surface area contributed by atoms with Gasteiger partial charge in [-0.05, 0) is 18.8 Å². The standard InChI is InChI=1S/C8H16.C6H14/c1-3-5-7-8-6-4-2;1-4-5-6(2)3/h5,7H,3-4,6,8H2,1-2H3;6H,4-5H2,1-3H3/b7-5-;. The van der Waals surface area contributed by atoms with E-state index in [1.807, 2.05) is 0 Å². The van der Waals surface area contributed by atoms with Crippen molar-refractivity contribution in [3.63, 3.8) is 0 Å². The SMILES string of the molecule is CC/C=C\CCCC.CCCC(C)C. The zero-order chi connectivity index (χ0) is 11.2. The van der Waals surface area contributed by atoms with E-state index in [0.29, 0.717) is 0 Å². The molecule has 86 valence electrons. The zero-order valence-electron chi connectivity index (χ0n) is 11.0. The topological polar surface area (TPSA) is 0 Å². The number of allylic oxidation sites excluding steroid dienone is 2. The molecule has 0 nitrogen and oxygen atoms in total. The van der Waals surface area contributed by atoms with E-state index in [-0.39, 0.29) is 0 Å². The molecule has 0 saturated heterocycles. The van der Waals surface area contributed by atoms with Crippen LogP contribution in [0.1, 0.15) is 73.1 Å². The fraction of sp³-hybridized carbons (Fsp3) is 0.857. The van der Waals surface area contributed by atoms with E-state index in [0.717, 1.165) is 5.92 Å². The van der Waals surface area contributed by atoms with E-state index < -0.39 is 0 Å². The minimum Gasteiger partial charge on any atom is -0.0888 e. The number of rotatable bonds is 6. The second-order valence-corrected chi connectivity index (χ2v) is 4.20. The Morgan fingerprint density at radius 2 is 1.57 bits per heavy atom. The molecule has 0 aromatic rings. The van der Waals surface area contributed by atoms with Crippen LogP contribution in [0.3, 0.4) is 0 Å². The largest absolute Gasteiger partial charge is 0.0888 e. The van der Waals surface area contributed by atoms with Gasteiger partial charge in [-0.3, -0.25) is 0 Å². The monoisotopic (exact) mass is 198 g/mol. The first-order valence-corrected chi connectivity index (χ1v) is 6.33. The van der Waals surface area contributed by atoms with Crippen molar-refractivity contribution in [1.29, 1.82) is 0 Å². The Labute approximate surface area is 91.8 Å². The molecular weight excluding hydrogens is 168 g/mol. The van der Waals surface area contributed by atoms with Gasteiger partial charge in [-0.2, -0.15) is 0 Å². The van der Waals surface area contributed by atoms with Gasteiger partial charge in [0.2, 0.25) is 0 Å². The van der Waals surface area contributed by atoms with E-state index in [2.05, 4.69) is 46.8 Å². The van der Waals surface area contributed by atoms with E-state index in [4.69, 9.17) is 0 Å². The maximum absolute atomic E-state index is 2.27. The Bertz CT molecular complexity index is 101. The summed E-state index contributed by atoms with van der Waals surface area (Å²) in [5.41, 5.74) is 0. The fourth-order valence-corrected chi connectivity index (χ4v) is 1.18. The Balaban J connectivity index is 0. The zero-order valence-corrected chi connectivity index (χ0v) is 11.0. The van der Waals surface area contributed by atoms with Gasteiger partial charge in [-0.1, -0.05) is 72.5 Å². The molecule has 0 N–H and O–H groups in total. The van der Waals surface area contributed by atoms with Crippen molar-refractivity contribution in [2.45, 2.75) is 73.1 Å². The third kappa shape index (κ3) is 22.6.